The second kappa shape index (κ2) is 6.21. The first-order valence-electron chi connectivity index (χ1n) is 7.60. The van der Waals surface area contributed by atoms with Crippen molar-refractivity contribution in [3.63, 3.8) is 0 Å². The lowest BCUT2D eigenvalue weighted by molar-refractivity contribution is 0.168. The normalized spacial score (nSPS) is 12.5. The summed E-state index contributed by atoms with van der Waals surface area (Å²) in [7, 11) is 1.68. The van der Waals surface area contributed by atoms with Gasteiger partial charge in [-0.1, -0.05) is 6.07 Å². The van der Waals surface area contributed by atoms with Crippen LogP contribution in [0.15, 0.2) is 61.4 Å². The number of ether oxygens (including phenoxy) is 1. The molecule has 7 nitrogen and oxygen atoms in total. The first-order valence-corrected chi connectivity index (χ1v) is 7.60. The number of fused-ring (bicyclic) bond motifs is 1. The molecule has 120 valence electrons. The van der Waals surface area contributed by atoms with Gasteiger partial charge in [0.25, 0.3) is 0 Å². The number of pyridine rings is 1. The molecule has 0 aliphatic rings. The fourth-order valence-electron chi connectivity index (χ4n) is 2.80. The molecule has 4 rings (SSSR count). The van der Waals surface area contributed by atoms with Crippen LogP contribution in [-0.4, -0.2) is 42.8 Å². The smallest absolute Gasteiger partial charge is 0.165 e. The number of hydrogen-bond acceptors (Lipinski definition) is 5. The van der Waals surface area contributed by atoms with Crippen LogP contribution in [0.25, 0.3) is 17.0 Å². The Bertz CT molecular complexity index is 946. The molecular weight excluding hydrogens is 304 g/mol. The molecule has 7 heteroatoms. The molecule has 0 saturated heterocycles. The van der Waals surface area contributed by atoms with Gasteiger partial charge in [-0.25, -0.2) is 14.5 Å². The summed E-state index contributed by atoms with van der Waals surface area (Å²) >= 11 is 0. The van der Waals surface area contributed by atoms with Crippen LogP contribution in [0.1, 0.15) is 11.7 Å². The lowest BCUT2D eigenvalue weighted by atomic mass is 10.2. The van der Waals surface area contributed by atoms with E-state index in [1.54, 1.807) is 36.4 Å². The molecule has 0 spiro atoms. The summed E-state index contributed by atoms with van der Waals surface area (Å²) < 4.78 is 9.21. The van der Waals surface area contributed by atoms with E-state index in [0.717, 1.165) is 22.7 Å². The Morgan fingerprint density at radius 2 is 1.96 bits per heavy atom. The molecule has 0 aliphatic carbocycles. The van der Waals surface area contributed by atoms with Crippen LogP contribution in [0.2, 0.25) is 0 Å². The molecule has 0 aromatic carbocycles. The lowest BCUT2D eigenvalue weighted by Crippen LogP contribution is -2.17. The van der Waals surface area contributed by atoms with Gasteiger partial charge >= 0.3 is 0 Å². The van der Waals surface area contributed by atoms with Gasteiger partial charge in [0.2, 0.25) is 0 Å². The van der Waals surface area contributed by atoms with Crippen LogP contribution in [-0.2, 0) is 4.74 Å². The van der Waals surface area contributed by atoms with E-state index in [2.05, 4.69) is 24.6 Å². The van der Waals surface area contributed by atoms with Crippen molar-refractivity contribution in [2.24, 2.45) is 0 Å². The van der Waals surface area contributed by atoms with Crippen molar-refractivity contribution >= 4 is 5.65 Å². The Hall–Kier alpha value is -3.06. The monoisotopic (exact) mass is 320 g/mol. The molecule has 4 aromatic rings. The van der Waals surface area contributed by atoms with Crippen LogP contribution in [0.3, 0.4) is 0 Å². The molecule has 0 aliphatic heterocycles. The number of hydrogen-bond donors (Lipinski definition) is 0. The molecule has 1 unspecified atom stereocenters. The van der Waals surface area contributed by atoms with E-state index in [1.165, 1.54) is 0 Å². The highest BCUT2D eigenvalue weighted by molar-refractivity contribution is 5.72. The van der Waals surface area contributed by atoms with Crippen LogP contribution < -0.4 is 0 Å². The second-order valence-corrected chi connectivity index (χ2v) is 5.33. The Balaban J connectivity index is 1.84. The summed E-state index contributed by atoms with van der Waals surface area (Å²) in [6.07, 6.45) is 10.9. The molecule has 0 saturated carbocycles. The van der Waals surface area contributed by atoms with E-state index < -0.39 is 0 Å². The number of rotatable bonds is 5. The molecular formula is C17H16N6O. The summed E-state index contributed by atoms with van der Waals surface area (Å²) in [5.41, 5.74) is 2.56. The highest BCUT2D eigenvalue weighted by Gasteiger charge is 2.21. The molecule has 0 amide bonds. The van der Waals surface area contributed by atoms with E-state index in [1.807, 2.05) is 36.7 Å². The van der Waals surface area contributed by atoms with Crippen molar-refractivity contribution in [3.05, 3.63) is 67.1 Å². The van der Waals surface area contributed by atoms with Gasteiger partial charge in [-0.2, -0.15) is 5.10 Å². The Kier molecular flexibility index (Phi) is 3.76. The highest BCUT2D eigenvalue weighted by Crippen LogP contribution is 2.27. The van der Waals surface area contributed by atoms with Gasteiger partial charge in [-0.05, 0) is 18.2 Å². The third-order valence-corrected chi connectivity index (χ3v) is 3.88. The van der Waals surface area contributed by atoms with Crippen LogP contribution in [0.5, 0.6) is 0 Å². The molecule has 4 heterocycles. The quantitative estimate of drug-likeness (QED) is 0.564. The summed E-state index contributed by atoms with van der Waals surface area (Å²) in [5, 5.41) is 4.35. The van der Waals surface area contributed by atoms with E-state index in [-0.39, 0.29) is 6.04 Å². The maximum absolute atomic E-state index is 5.42. The molecule has 0 N–H and O–H groups in total. The van der Waals surface area contributed by atoms with Gasteiger partial charge in [-0.15, -0.1) is 0 Å². The van der Waals surface area contributed by atoms with Crippen molar-refractivity contribution in [2.45, 2.75) is 6.04 Å². The van der Waals surface area contributed by atoms with Crippen LogP contribution in [0.4, 0.5) is 0 Å². The molecule has 24 heavy (non-hydrogen) atoms. The van der Waals surface area contributed by atoms with Gasteiger partial charge in [0, 0.05) is 38.1 Å². The summed E-state index contributed by atoms with van der Waals surface area (Å²) in [5.74, 6) is 0.788. The van der Waals surface area contributed by atoms with E-state index in [9.17, 15) is 0 Å². The third kappa shape index (κ3) is 2.44. The predicted molar refractivity (Wildman–Crippen MR) is 88.5 cm³/mol. The Morgan fingerprint density at radius 3 is 2.79 bits per heavy atom. The highest BCUT2D eigenvalue weighted by atomic mass is 16.5. The van der Waals surface area contributed by atoms with Gasteiger partial charge in [0.1, 0.15) is 11.9 Å². The first kappa shape index (κ1) is 14.5. The number of imidazole rings is 1. The number of nitrogens with zero attached hydrogens (tertiary/aromatic N) is 6. The fourth-order valence-corrected chi connectivity index (χ4v) is 2.80. The van der Waals surface area contributed by atoms with Gasteiger partial charge in [0.15, 0.2) is 5.65 Å². The average molecular weight is 320 g/mol. The van der Waals surface area contributed by atoms with Gasteiger partial charge in [-0.3, -0.25) is 4.98 Å². The predicted octanol–water partition coefficient (Wildman–Crippen LogP) is 2.22. The standard InChI is InChI=1S/C17H16N6O/c1-24-12-15(14-5-2-3-6-18-14)22-10-8-20-16(22)13-11-21-23-9-4-7-19-17(13)23/h2-11,15H,12H2,1H3. The zero-order valence-corrected chi connectivity index (χ0v) is 13.1. The molecule has 1 atom stereocenters. The third-order valence-electron chi connectivity index (χ3n) is 3.88. The zero-order chi connectivity index (χ0) is 16.4. The van der Waals surface area contributed by atoms with Crippen molar-refractivity contribution in [1.29, 1.82) is 0 Å². The minimum absolute atomic E-state index is 0.0765. The molecule has 4 aromatic heterocycles. The fraction of sp³-hybridized carbons (Fsp3) is 0.176. The second-order valence-electron chi connectivity index (χ2n) is 5.33. The lowest BCUT2D eigenvalue weighted by Gasteiger charge is -2.19. The van der Waals surface area contributed by atoms with Crippen molar-refractivity contribution in [1.82, 2.24) is 29.1 Å². The Labute approximate surface area is 138 Å². The first-order chi connectivity index (χ1) is 11.9. The minimum Gasteiger partial charge on any atom is -0.382 e. The number of aromatic nitrogens is 6. The summed E-state index contributed by atoms with van der Waals surface area (Å²) in [4.78, 5) is 13.4. The van der Waals surface area contributed by atoms with Crippen LogP contribution >= 0.6 is 0 Å². The van der Waals surface area contributed by atoms with E-state index >= 15 is 0 Å². The van der Waals surface area contributed by atoms with E-state index in [0.29, 0.717) is 6.61 Å². The zero-order valence-electron chi connectivity index (χ0n) is 13.1. The number of methoxy groups -OCH3 is 1. The van der Waals surface area contributed by atoms with Crippen molar-refractivity contribution < 1.29 is 4.74 Å². The maximum Gasteiger partial charge on any atom is 0.165 e. The summed E-state index contributed by atoms with van der Waals surface area (Å²) in [6.45, 7) is 0.493. The van der Waals surface area contributed by atoms with Crippen LogP contribution in [0, 0.1) is 0 Å². The van der Waals surface area contributed by atoms with Crippen molar-refractivity contribution in [2.75, 3.05) is 13.7 Å². The van der Waals surface area contributed by atoms with Crippen molar-refractivity contribution in [3.8, 4) is 11.4 Å². The average Bonchev–Trinajstić information content (AvgIpc) is 3.27. The van der Waals surface area contributed by atoms with E-state index in [4.69, 9.17) is 4.74 Å². The largest absolute Gasteiger partial charge is 0.382 e. The SMILES string of the molecule is COCC(c1ccccn1)n1ccnc1-c1cnn2cccnc12. The van der Waals surface area contributed by atoms with Gasteiger partial charge in [0.05, 0.1) is 24.1 Å². The molecule has 0 radical (unpaired) electrons. The van der Waals surface area contributed by atoms with Gasteiger partial charge < -0.3 is 9.30 Å². The molecule has 0 fully saturated rings. The topological polar surface area (TPSA) is 70.1 Å². The Morgan fingerprint density at radius 1 is 1.04 bits per heavy atom. The molecule has 0 bridgehead atoms. The summed E-state index contributed by atoms with van der Waals surface area (Å²) in [6, 6.07) is 7.63. The maximum atomic E-state index is 5.42. The minimum atomic E-state index is -0.0765.